The SMILES string of the molecule is COC[C@@H]1CCCN1/N=C1\CCCC[C@H]1[Si](C)(C)C(C)(C)C. The van der Waals surface area contributed by atoms with Crippen molar-refractivity contribution < 1.29 is 4.74 Å². The molecule has 0 aromatic rings. The number of rotatable bonds is 4. The van der Waals surface area contributed by atoms with Crippen LogP contribution in [-0.4, -0.2) is 45.1 Å². The van der Waals surface area contributed by atoms with E-state index in [0.717, 1.165) is 18.7 Å². The number of hydrogen-bond donors (Lipinski definition) is 0. The Kier molecular flexibility index (Phi) is 5.76. The van der Waals surface area contributed by atoms with Gasteiger partial charge in [-0.2, -0.15) is 5.10 Å². The van der Waals surface area contributed by atoms with Gasteiger partial charge in [0, 0.05) is 19.4 Å². The fourth-order valence-corrected chi connectivity index (χ4v) is 6.90. The standard InChI is InChI=1S/C18H36N2OSi/c1-18(2,3)22(5,6)17-12-8-7-11-16(17)19-20-13-9-10-15(20)14-21-4/h15,17H,7-14H2,1-6H3/b19-16+/t15-,17+/m0/s1. The molecule has 3 nitrogen and oxygen atoms in total. The van der Waals surface area contributed by atoms with Crippen LogP contribution in [0.4, 0.5) is 0 Å². The van der Waals surface area contributed by atoms with Crippen molar-refractivity contribution in [2.75, 3.05) is 20.3 Å². The summed E-state index contributed by atoms with van der Waals surface area (Å²) >= 11 is 0. The second-order valence-electron chi connectivity index (χ2n) is 8.78. The van der Waals surface area contributed by atoms with E-state index in [2.05, 4.69) is 38.9 Å². The lowest BCUT2D eigenvalue weighted by molar-refractivity contribution is 0.117. The maximum Gasteiger partial charge on any atom is 0.0704 e. The Morgan fingerprint density at radius 2 is 1.91 bits per heavy atom. The number of methoxy groups -OCH3 is 1. The Bertz CT molecular complexity index is 400. The number of nitrogens with zero attached hydrogens (tertiary/aromatic N) is 2. The van der Waals surface area contributed by atoms with E-state index in [1.54, 1.807) is 0 Å². The van der Waals surface area contributed by atoms with Crippen LogP contribution in [0.1, 0.15) is 59.3 Å². The normalized spacial score (nSPS) is 29.4. The molecule has 2 atom stereocenters. The molecule has 4 heteroatoms. The van der Waals surface area contributed by atoms with Crippen molar-refractivity contribution >= 4 is 13.8 Å². The minimum absolute atomic E-state index is 0.437. The molecule has 0 aromatic carbocycles. The van der Waals surface area contributed by atoms with Gasteiger partial charge in [0.2, 0.25) is 0 Å². The Hall–Kier alpha value is -0.353. The minimum atomic E-state index is -1.37. The quantitative estimate of drug-likeness (QED) is 0.687. The van der Waals surface area contributed by atoms with Crippen molar-refractivity contribution in [1.29, 1.82) is 0 Å². The third-order valence-electron chi connectivity index (χ3n) is 6.34. The number of hydrogen-bond acceptors (Lipinski definition) is 3. The molecule has 0 radical (unpaired) electrons. The largest absolute Gasteiger partial charge is 0.382 e. The van der Waals surface area contributed by atoms with Crippen LogP contribution in [-0.2, 0) is 4.74 Å². The molecule has 1 saturated heterocycles. The van der Waals surface area contributed by atoms with E-state index in [0.29, 0.717) is 11.1 Å². The first-order valence-corrected chi connectivity index (χ1v) is 12.2. The molecule has 1 saturated carbocycles. The topological polar surface area (TPSA) is 24.8 Å². The molecule has 128 valence electrons. The highest BCUT2D eigenvalue weighted by Crippen LogP contribution is 2.48. The zero-order valence-corrected chi connectivity index (χ0v) is 16.6. The average molecular weight is 325 g/mol. The van der Waals surface area contributed by atoms with Gasteiger partial charge in [0.1, 0.15) is 0 Å². The lowest BCUT2D eigenvalue weighted by atomic mass is 9.98. The maximum atomic E-state index is 5.39. The summed E-state index contributed by atoms with van der Waals surface area (Å²) in [5.41, 5.74) is 2.27. The molecule has 0 aromatic heterocycles. The summed E-state index contributed by atoms with van der Waals surface area (Å²) in [7, 11) is 0.440. The number of hydrazone groups is 1. The summed E-state index contributed by atoms with van der Waals surface area (Å²) in [5.74, 6) is 0. The molecule has 0 unspecified atom stereocenters. The summed E-state index contributed by atoms with van der Waals surface area (Å²) in [4.78, 5) is 0. The summed E-state index contributed by atoms with van der Waals surface area (Å²) in [6.07, 6.45) is 7.78. The number of ether oxygens (including phenoxy) is 1. The molecule has 1 heterocycles. The Balaban J connectivity index is 2.21. The predicted molar refractivity (Wildman–Crippen MR) is 98.5 cm³/mol. The van der Waals surface area contributed by atoms with Crippen LogP contribution in [0, 0.1) is 0 Å². The smallest absolute Gasteiger partial charge is 0.0704 e. The van der Waals surface area contributed by atoms with E-state index >= 15 is 0 Å². The lowest BCUT2D eigenvalue weighted by Gasteiger charge is -2.45. The average Bonchev–Trinajstić information content (AvgIpc) is 2.86. The van der Waals surface area contributed by atoms with Gasteiger partial charge in [0.05, 0.1) is 20.7 Å². The van der Waals surface area contributed by atoms with Crippen molar-refractivity contribution in [3.8, 4) is 0 Å². The summed E-state index contributed by atoms with van der Waals surface area (Å²) in [5, 5.41) is 7.99. The van der Waals surface area contributed by atoms with E-state index in [1.165, 1.54) is 44.2 Å². The van der Waals surface area contributed by atoms with Crippen LogP contribution in [0.2, 0.25) is 23.7 Å². The van der Waals surface area contributed by atoms with Gasteiger partial charge in [-0.05, 0) is 42.7 Å². The van der Waals surface area contributed by atoms with Gasteiger partial charge in [-0.15, -0.1) is 0 Å². The molecular formula is C18H36N2OSi. The highest BCUT2D eigenvalue weighted by Gasteiger charge is 2.45. The van der Waals surface area contributed by atoms with E-state index in [4.69, 9.17) is 9.84 Å². The van der Waals surface area contributed by atoms with E-state index < -0.39 is 8.07 Å². The van der Waals surface area contributed by atoms with Gasteiger partial charge in [0.15, 0.2) is 0 Å². The first kappa shape index (κ1) is 18.0. The third-order valence-corrected chi connectivity index (χ3v) is 12.6. The minimum Gasteiger partial charge on any atom is -0.382 e. The summed E-state index contributed by atoms with van der Waals surface area (Å²) < 4.78 is 5.39. The predicted octanol–water partition coefficient (Wildman–Crippen LogP) is 4.91. The first-order valence-electron chi connectivity index (χ1n) is 9.10. The van der Waals surface area contributed by atoms with Crippen molar-refractivity contribution in [3.05, 3.63) is 0 Å². The van der Waals surface area contributed by atoms with Crippen LogP contribution in [0.5, 0.6) is 0 Å². The van der Waals surface area contributed by atoms with Crippen molar-refractivity contribution in [3.63, 3.8) is 0 Å². The zero-order valence-electron chi connectivity index (χ0n) is 15.6. The second-order valence-corrected chi connectivity index (χ2v) is 14.4. The van der Waals surface area contributed by atoms with Crippen molar-refractivity contribution in [1.82, 2.24) is 5.01 Å². The summed E-state index contributed by atoms with van der Waals surface area (Å²) in [6, 6.07) is 0.500. The van der Waals surface area contributed by atoms with Gasteiger partial charge in [-0.25, -0.2) is 0 Å². The van der Waals surface area contributed by atoms with E-state index in [9.17, 15) is 0 Å². The second kappa shape index (κ2) is 7.04. The molecule has 0 amide bonds. The molecule has 2 aliphatic rings. The molecule has 1 aliphatic heterocycles. The van der Waals surface area contributed by atoms with E-state index in [-0.39, 0.29) is 0 Å². The molecule has 22 heavy (non-hydrogen) atoms. The fraction of sp³-hybridized carbons (Fsp3) is 0.944. The lowest BCUT2D eigenvalue weighted by Crippen LogP contribution is -2.47. The molecule has 1 aliphatic carbocycles. The Morgan fingerprint density at radius 1 is 1.18 bits per heavy atom. The van der Waals surface area contributed by atoms with Gasteiger partial charge >= 0.3 is 0 Å². The van der Waals surface area contributed by atoms with Gasteiger partial charge < -0.3 is 4.74 Å². The first-order chi connectivity index (χ1) is 10.3. The van der Waals surface area contributed by atoms with Crippen molar-refractivity contribution in [2.24, 2.45) is 5.10 Å². The molecule has 0 N–H and O–H groups in total. The molecule has 0 bridgehead atoms. The summed E-state index contributed by atoms with van der Waals surface area (Å²) in [6.45, 7) is 14.4. The monoisotopic (exact) mass is 324 g/mol. The Labute approximate surface area is 138 Å². The third kappa shape index (κ3) is 3.76. The molecular weight excluding hydrogens is 288 g/mol. The maximum absolute atomic E-state index is 5.39. The van der Waals surface area contributed by atoms with Gasteiger partial charge in [-0.3, -0.25) is 5.01 Å². The molecule has 2 rings (SSSR count). The fourth-order valence-electron chi connectivity index (χ4n) is 3.89. The van der Waals surface area contributed by atoms with Crippen molar-refractivity contribution in [2.45, 2.75) is 89.0 Å². The highest BCUT2D eigenvalue weighted by molar-refractivity contribution is 6.84. The zero-order chi connectivity index (χ0) is 16.4. The van der Waals surface area contributed by atoms with Crippen LogP contribution < -0.4 is 0 Å². The van der Waals surface area contributed by atoms with Crippen LogP contribution in [0.3, 0.4) is 0 Å². The highest BCUT2D eigenvalue weighted by atomic mass is 28.3. The van der Waals surface area contributed by atoms with Crippen LogP contribution >= 0.6 is 0 Å². The van der Waals surface area contributed by atoms with Gasteiger partial charge in [-0.1, -0.05) is 40.3 Å². The Morgan fingerprint density at radius 3 is 2.55 bits per heavy atom. The molecule has 0 spiro atoms. The molecule has 2 fully saturated rings. The van der Waals surface area contributed by atoms with Crippen LogP contribution in [0.25, 0.3) is 0 Å². The van der Waals surface area contributed by atoms with E-state index in [1.807, 2.05) is 7.11 Å². The van der Waals surface area contributed by atoms with Gasteiger partial charge in [0.25, 0.3) is 0 Å². The van der Waals surface area contributed by atoms with Crippen LogP contribution in [0.15, 0.2) is 5.10 Å².